The molecule has 4 rings (SSSR count). The average Bonchev–Trinajstić information content (AvgIpc) is 3.35. The summed E-state index contributed by atoms with van der Waals surface area (Å²) in [6, 6.07) is 13.1. The van der Waals surface area contributed by atoms with E-state index in [4.69, 9.17) is 9.72 Å². The molecule has 0 spiro atoms. The third kappa shape index (κ3) is 4.06. The molecular weight excluding hydrogens is 410 g/mol. The maximum absolute atomic E-state index is 12.2. The van der Waals surface area contributed by atoms with Gasteiger partial charge in [0.05, 0.1) is 23.9 Å². The van der Waals surface area contributed by atoms with Gasteiger partial charge >= 0.3 is 5.97 Å². The highest BCUT2D eigenvalue weighted by molar-refractivity contribution is 5.94. The summed E-state index contributed by atoms with van der Waals surface area (Å²) >= 11 is 0. The van der Waals surface area contributed by atoms with E-state index >= 15 is 0 Å². The summed E-state index contributed by atoms with van der Waals surface area (Å²) in [6.45, 7) is 10.7. The molecule has 2 aromatic heterocycles. The number of aromatic nitrogens is 2. The van der Waals surface area contributed by atoms with E-state index in [-0.39, 0.29) is 17.9 Å². The number of hydrogen-bond donors (Lipinski definition) is 0. The van der Waals surface area contributed by atoms with Crippen LogP contribution in [0.25, 0.3) is 17.1 Å². The highest BCUT2D eigenvalue weighted by Crippen LogP contribution is 2.42. The molecule has 3 aromatic rings. The first-order chi connectivity index (χ1) is 15.9. The smallest absolute Gasteiger partial charge is 0.330 e. The Balaban J connectivity index is 2.08. The van der Waals surface area contributed by atoms with Gasteiger partial charge in [-0.1, -0.05) is 52.0 Å². The number of esters is 1. The molecule has 0 bridgehead atoms. The fraction of sp³-hybridized carbons (Fsp3) is 0.393. The van der Waals surface area contributed by atoms with E-state index in [1.807, 2.05) is 0 Å². The zero-order valence-electron chi connectivity index (χ0n) is 20.1. The molecule has 33 heavy (non-hydrogen) atoms. The first-order valence-electron chi connectivity index (χ1n) is 11.8. The van der Waals surface area contributed by atoms with Crippen LogP contribution in [0.3, 0.4) is 0 Å². The number of rotatable bonds is 6. The zero-order chi connectivity index (χ0) is 23.7. The van der Waals surface area contributed by atoms with Crippen molar-refractivity contribution in [2.45, 2.75) is 65.3 Å². The summed E-state index contributed by atoms with van der Waals surface area (Å²) in [4.78, 5) is 17.3. The van der Waals surface area contributed by atoms with Crippen LogP contribution in [0.15, 0.2) is 36.4 Å². The second kappa shape index (κ2) is 9.23. The molecule has 0 saturated heterocycles. The monoisotopic (exact) mass is 441 g/mol. The summed E-state index contributed by atoms with van der Waals surface area (Å²) in [5.41, 5.74) is 6.84. The molecule has 5 nitrogen and oxygen atoms in total. The Morgan fingerprint density at radius 3 is 2.70 bits per heavy atom. The molecule has 2 heterocycles. The van der Waals surface area contributed by atoms with Crippen LogP contribution in [0, 0.1) is 11.3 Å². The van der Waals surface area contributed by atoms with Gasteiger partial charge in [0.25, 0.3) is 0 Å². The van der Waals surface area contributed by atoms with E-state index in [0.717, 1.165) is 40.8 Å². The van der Waals surface area contributed by atoms with Gasteiger partial charge in [0.15, 0.2) is 0 Å². The first kappa shape index (κ1) is 22.8. The van der Waals surface area contributed by atoms with Crippen molar-refractivity contribution in [2.75, 3.05) is 6.61 Å². The number of pyridine rings is 1. The number of aryl methyl sites for hydroxylation is 1. The van der Waals surface area contributed by atoms with Crippen LogP contribution >= 0.6 is 0 Å². The van der Waals surface area contributed by atoms with E-state index < -0.39 is 5.97 Å². The standard InChI is InChI=1S/C28H31N3O2/c1-6-33-26(32)14-13-25-22(16-29)27-21(17(2)3)15-23(18(4)5)30-28(27)31(25)24-12-11-19-9-7-8-10-20(19)24/h7-10,13-15,17-18,24H,6,11-12H2,1-5H3. The molecule has 0 amide bonds. The normalized spacial score (nSPS) is 15.5. The molecule has 5 heteroatoms. The fourth-order valence-corrected chi connectivity index (χ4v) is 4.85. The van der Waals surface area contributed by atoms with Crippen molar-refractivity contribution in [1.82, 2.24) is 9.55 Å². The van der Waals surface area contributed by atoms with Gasteiger partial charge in [-0.3, -0.25) is 0 Å². The lowest BCUT2D eigenvalue weighted by molar-refractivity contribution is -0.137. The SMILES string of the molecule is CCOC(=O)C=Cc1c(C#N)c2c(C(C)C)cc(C(C)C)nc2n1C1CCc2ccccc21. The number of benzene rings is 1. The Morgan fingerprint density at radius 1 is 1.27 bits per heavy atom. The van der Waals surface area contributed by atoms with Gasteiger partial charge in [0.1, 0.15) is 11.7 Å². The lowest BCUT2D eigenvalue weighted by Gasteiger charge is -2.19. The molecule has 0 fully saturated rings. The van der Waals surface area contributed by atoms with Gasteiger partial charge in [-0.05, 0) is 60.4 Å². The molecular formula is C28H31N3O2. The van der Waals surface area contributed by atoms with E-state index in [1.54, 1.807) is 13.0 Å². The first-order valence-corrected chi connectivity index (χ1v) is 11.8. The number of fused-ring (bicyclic) bond motifs is 2. The van der Waals surface area contributed by atoms with Crippen LogP contribution < -0.4 is 0 Å². The predicted molar refractivity (Wildman–Crippen MR) is 131 cm³/mol. The van der Waals surface area contributed by atoms with E-state index in [0.29, 0.717) is 12.2 Å². The molecule has 0 saturated carbocycles. The molecule has 1 aromatic carbocycles. The number of carbonyl (C=O) groups excluding carboxylic acids is 1. The summed E-state index contributed by atoms with van der Waals surface area (Å²) in [6.07, 6.45) is 5.07. The molecule has 1 aliphatic carbocycles. The van der Waals surface area contributed by atoms with Crippen molar-refractivity contribution in [3.05, 3.63) is 70.0 Å². The molecule has 1 aliphatic rings. The van der Waals surface area contributed by atoms with Crippen molar-refractivity contribution in [3.63, 3.8) is 0 Å². The second-order valence-corrected chi connectivity index (χ2v) is 9.23. The third-order valence-corrected chi connectivity index (χ3v) is 6.45. The summed E-state index contributed by atoms with van der Waals surface area (Å²) in [7, 11) is 0. The minimum atomic E-state index is -0.412. The number of hydrogen-bond acceptors (Lipinski definition) is 4. The molecule has 1 atom stereocenters. The van der Waals surface area contributed by atoms with Crippen LogP contribution in [0.2, 0.25) is 0 Å². The number of nitriles is 1. The second-order valence-electron chi connectivity index (χ2n) is 9.23. The quantitative estimate of drug-likeness (QED) is 0.334. The lowest BCUT2D eigenvalue weighted by atomic mass is 9.95. The lowest BCUT2D eigenvalue weighted by Crippen LogP contribution is -2.11. The predicted octanol–water partition coefficient (Wildman–Crippen LogP) is 6.27. The maximum Gasteiger partial charge on any atom is 0.330 e. The van der Waals surface area contributed by atoms with Crippen LogP contribution in [0.4, 0.5) is 0 Å². The Hall–Kier alpha value is -3.39. The van der Waals surface area contributed by atoms with Gasteiger partial charge in [-0.15, -0.1) is 0 Å². The highest BCUT2D eigenvalue weighted by atomic mass is 16.5. The Bertz CT molecular complexity index is 1270. The van der Waals surface area contributed by atoms with Crippen LogP contribution in [-0.2, 0) is 16.0 Å². The Kier molecular flexibility index (Phi) is 6.37. The molecule has 170 valence electrons. The Labute approximate surface area is 195 Å². The van der Waals surface area contributed by atoms with Crippen molar-refractivity contribution >= 4 is 23.1 Å². The number of nitrogens with zero attached hydrogens (tertiary/aromatic N) is 3. The van der Waals surface area contributed by atoms with Crippen LogP contribution in [0.5, 0.6) is 0 Å². The minimum absolute atomic E-state index is 0.0579. The molecule has 0 aliphatic heterocycles. The number of carbonyl (C=O) groups is 1. The zero-order valence-corrected chi connectivity index (χ0v) is 20.1. The topological polar surface area (TPSA) is 67.9 Å². The van der Waals surface area contributed by atoms with Gasteiger partial charge in [-0.2, -0.15) is 5.26 Å². The molecule has 1 unspecified atom stereocenters. The van der Waals surface area contributed by atoms with E-state index in [1.165, 1.54) is 17.2 Å². The maximum atomic E-state index is 12.2. The van der Waals surface area contributed by atoms with Crippen molar-refractivity contribution in [2.24, 2.45) is 0 Å². The van der Waals surface area contributed by atoms with E-state index in [9.17, 15) is 10.1 Å². The van der Waals surface area contributed by atoms with E-state index in [2.05, 4.69) is 68.7 Å². The number of ether oxygens (including phenoxy) is 1. The average molecular weight is 442 g/mol. The van der Waals surface area contributed by atoms with Gasteiger partial charge in [0.2, 0.25) is 0 Å². The van der Waals surface area contributed by atoms with Gasteiger partial charge in [0, 0.05) is 17.2 Å². The van der Waals surface area contributed by atoms with Crippen LogP contribution in [0.1, 0.15) is 92.6 Å². The summed E-state index contributed by atoms with van der Waals surface area (Å²) in [5.74, 6) is 0.0776. The van der Waals surface area contributed by atoms with Crippen molar-refractivity contribution in [1.29, 1.82) is 5.26 Å². The minimum Gasteiger partial charge on any atom is -0.463 e. The van der Waals surface area contributed by atoms with Crippen molar-refractivity contribution < 1.29 is 9.53 Å². The molecule has 0 radical (unpaired) electrons. The largest absolute Gasteiger partial charge is 0.463 e. The van der Waals surface area contributed by atoms with Gasteiger partial charge in [-0.25, -0.2) is 9.78 Å². The third-order valence-electron chi connectivity index (χ3n) is 6.45. The summed E-state index contributed by atoms with van der Waals surface area (Å²) in [5, 5.41) is 11.2. The molecule has 0 N–H and O–H groups in total. The van der Waals surface area contributed by atoms with Crippen LogP contribution in [-0.4, -0.2) is 22.1 Å². The highest BCUT2D eigenvalue weighted by Gasteiger charge is 2.31. The Morgan fingerprint density at radius 2 is 2.03 bits per heavy atom. The van der Waals surface area contributed by atoms with Crippen molar-refractivity contribution in [3.8, 4) is 6.07 Å². The summed E-state index contributed by atoms with van der Waals surface area (Å²) < 4.78 is 7.30. The van der Waals surface area contributed by atoms with Gasteiger partial charge < -0.3 is 9.30 Å². The fourth-order valence-electron chi connectivity index (χ4n) is 4.85.